The molecule has 28 heavy (non-hydrogen) atoms. The molecule has 0 spiro atoms. The van der Waals surface area contributed by atoms with Gasteiger partial charge in [-0.05, 0) is 29.8 Å². The van der Waals surface area contributed by atoms with Crippen molar-refractivity contribution in [2.24, 2.45) is 0 Å². The second kappa shape index (κ2) is 8.16. The summed E-state index contributed by atoms with van der Waals surface area (Å²) < 4.78 is 27.6. The molecule has 8 heteroatoms. The van der Waals surface area contributed by atoms with Crippen LogP contribution in [0.15, 0.2) is 42.5 Å². The number of benzene rings is 2. The molecule has 1 aliphatic heterocycles. The lowest BCUT2D eigenvalue weighted by Gasteiger charge is -2.35. The third kappa shape index (κ3) is 4.16. The number of carboxylic acids is 1. The van der Waals surface area contributed by atoms with Crippen LogP contribution in [0.4, 0.5) is 8.78 Å². The van der Waals surface area contributed by atoms with Crippen molar-refractivity contribution < 1.29 is 28.3 Å². The normalized spacial score (nSPS) is 14.1. The number of carbonyl (C=O) groups excluding carboxylic acids is 2. The molecule has 0 bridgehead atoms. The van der Waals surface area contributed by atoms with Gasteiger partial charge in [-0.2, -0.15) is 0 Å². The van der Waals surface area contributed by atoms with Crippen molar-refractivity contribution in [1.29, 1.82) is 0 Å². The first-order chi connectivity index (χ1) is 13.4. The van der Waals surface area contributed by atoms with Gasteiger partial charge in [0.2, 0.25) is 5.91 Å². The average Bonchev–Trinajstić information content (AvgIpc) is 2.68. The lowest BCUT2D eigenvalue weighted by Crippen LogP contribution is -2.51. The first-order valence-corrected chi connectivity index (χ1v) is 8.70. The molecule has 1 heterocycles. The third-order valence-electron chi connectivity index (χ3n) is 4.63. The van der Waals surface area contributed by atoms with E-state index in [9.17, 15) is 23.2 Å². The zero-order valence-corrected chi connectivity index (χ0v) is 14.9. The Morgan fingerprint density at radius 1 is 0.893 bits per heavy atom. The molecule has 146 valence electrons. The third-order valence-corrected chi connectivity index (χ3v) is 4.63. The first-order valence-electron chi connectivity index (χ1n) is 8.70. The summed E-state index contributed by atoms with van der Waals surface area (Å²) >= 11 is 0. The highest BCUT2D eigenvalue weighted by atomic mass is 19.1. The minimum Gasteiger partial charge on any atom is -0.478 e. The molecule has 0 unspecified atom stereocenters. The number of nitrogens with zero attached hydrogens (tertiary/aromatic N) is 2. The van der Waals surface area contributed by atoms with Crippen LogP contribution in [-0.4, -0.2) is 58.9 Å². The molecule has 0 radical (unpaired) electrons. The molecule has 0 aliphatic carbocycles. The van der Waals surface area contributed by atoms with Crippen LogP contribution in [-0.2, 0) is 11.2 Å². The minimum atomic E-state index is -1.07. The van der Waals surface area contributed by atoms with Gasteiger partial charge in [0.05, 0.1) is 12.0 Å². The number of carboxylic acid groups (broad SMARTS) is 1. The van der Waals surface area contributed by atoms with E-state index in [1.807, 2.05) is 0 Å². The molecule has 0 atom stereocenters. The molecule has 3 rings (SSSR count). The van der Waals surface area contributed by atoms with E-state index in [-0.39, 0.29) is 44.1 Å². The quantitative estimate of drug-likeness (QED) is 0.871. The Kier molecular flexibility index (Phi) is 5.67. The Morgan fingerprint density at radius 2 is 1.46 bits per heavy atom. The topological polar surface area (TPSA) is 77.9 Å². The van der Waals surface area contributed by atoms with Gasteiger partial charge in [0.15, 0.2) is 0 Å². The zero-order valence-electron chi connectivity index (χ0n) is 14.9. The van der Waals surface area contributed by atoms with E-state index in [4.69, 9.17) is 5.11 Å². The predicted molar refractivity (Wildman–Crippen MR) is 95.9 cm³/mol. The largest absolute Gasteiger partial charge is 0.478 e. The van der Waals surface area contributed by atoms with Gasteiger partial charge in [-0.15, -0.1) is 0 Å². The Balaban J connectivity index is 1.60. The number of carbonyl (C=O) groups is 3. The molecular formula is C20H18F2N2O4. The first kappa shape index (κ1) is 19.5. The van der Waals surface area contributed by atoms with Crippen molar-refractivity contribution in [3.05, 3.63) is 70.8 Å². The van der Waals surface area contributed by atoms with E-state index in [1.54, 1.807) is 17.0 Å². The van der Waals surface area contributed by atoms with Crippen LogP contribution < -0.4 is 0 Å². The summed E-state index contributed by atoms with van der Waals surface area (Å²) in [5.41, 5.74) is 0.0947. The lowest BCUT2D eigenvalue weighted by atomic mass is 10.1. The Morgan fingerprint density at radius 3 is 2.07 bits per heavy atom. The molecule has 2 aromatic carbocycles. The van der Waals surface area contributed by atoms with Crippen molar-refractivity contribution in [2.45, 2.75) is 6.42 Å². The van der Waals surface area contributed by atoms with Crippen LogP contribution in [0.3, 0.4) is 0 Å². The fourth-order valence-electron chi connectivity index (χ4n) is 3.12. The lowest BCUT2D eigenvalue weighted by molar-refractivity contribution is -0.131. The van der Waals surface area contributed by atoms with Crippen molar-refractivity contribution >= 4 is 17.8 Å². The molecule has 1 saturated heterocycles. The second-order valence-corrected chi connectivity index (χ2v) is 6.45. The molecule has 1 N–H and O–H groups in total. The minimum absolute atomic E-state index is 0.0387. The molecule has 0 saturated carbocycles. The maximum Gasteiger partial charge on any atom is 0.335 e. The van der Waals surface area contributed by atoms with Crippen molar-refractivity contribution in [3.8, 4) is 0 Å². The Hall–Kier alpha value is -3.29. The summed E-state index contributed by atoms with van der Waals surface area (Å²) in [7, 11) is 0. The molecule has 0 aromatic heterocycles. The van der Waals surface area contributed by atoms with Crippen LogP contribution in [0.1, 0.15) is 26.3 Å². The van der Waals surface area contributed by atoms with Crippen LogP contribution in [0.2, 0.25) is 0 Å². The average molecular weight is 388 g/mol. The van der Waals surface area contributed by atoms with Crippen molar-refractivity contribution in [1.82, 2.24) is 9.80 Å². The maximum atomic E-state index is 13.8. The Bertz CT molecular complexity index is 904. The highest BCUT2D eigenvalue weighted by Crippen LogP contribution is 2.17. The summed E-state index contributed by atoms with van der Waals surface area (Å²) in [6.07, 6.45) is 0.0387. The van der Waals surface area contributed by atoms with Crippen molar-refractivity contribution in [3.63, 3.8) is 0 Å². The summed E-state index contributed by atoms with van der Waals surface area (Å²) in [4.78, 5) is 38.7. The molecule has 1 fully saturated rings. The highest BCUT2D eigenvalue weighted by Gasteiger charge is 2.28. The fraction of sp³-hybridized carbons (Fsp3) is 0.250. The van der Waals surface area contributed by atoms with E-state index in [0.29, 0.717) is 5.56 Å². The number of amides is 2. The van der Waals surface area contributed by atoms with Gasteiger partial charge in [0, 0.05) is 26.2 Å². The maximum absolute atomic E-state index is 13.8. The number of aromatic carboxylic acids is 1. The van der Waals surface area contributed by atoms with E-state index in [1.165, 1.54) is 23.1 Å². The molecule has 2 aromatic rings. The van der Waals surface area contributed by atoms with Gasteiger partial charge in [-0.1, -0.05) is 18.2 Å². The van der Waals surface area contributed by atoms with Gasteiger partial charge in [0.1, 0.15) is 17.2 Å². The van der Waals surface area contributed by atoms with Gasteiger partial charge in [0.25, 0.3) is 5.91 Å². The van der Waals surface area contributed by atoms with Gasteiger partial charge >= 0.3 is 5.97 Å². The second-order valence-electron chi connectivity index (χ2n) is 6.45. The smallest absolute Gasteiger partial charge is 0.335 e. The zero-order chi connectivity index (χ0) is 20.3. The summed E-state index contributed by atoms with van der Waals surface area (Å²) in [5, 5.41) is 9.02. The number of hydrogen-bond acceptors (Lipinski definition) is 3. The molecular weight excluding hydrogens is 370 g/mol. The molecule has 6 nitrogen and oxygen atoms in total. The summed E-state index contributed by atoms with van der Waals surface area (Å²) in [6, 6.07) is 9.39. The van der Waals surface area contributed by atoms with E-state index in [0.717, 1.165) is 12.1 Å². The SMILES string of the molecule is O=C(O)c1cccc(CC(=O)N2CCN(C(=O)c3c(F)cccc3F)CC2)c1. The fourth-order valence-corrected chi connectivity index (χ4v) is 3.12. The van der Waals surface area contributed by atoms with Crippen LogP contribution in [0, 0.1) is 11.6 Å². The monoisotopic (exact) mass is 388 g/mol. The molecule has 2 amide bonds. The summed E-state index contributed by atoms with van der Waals surface area (Å²) in [6.45, 7) is 0.791. The standard InChI is InChI=1S/C20H18F2N2O4/c21-15-5-2-6-16(22)18(15)19(26)24-9-7-23(8-10-24)17(25)12-13-3-1-4-14(11-13)20(27)28/h1-6,11H,7-10,12H2,(H,27,28). The van der Waals surface area contributed by atoms with Gasteiger partial charge in [-0.25, -0.2) is 13.6 Å². The number of rotatable bonds is 4. The van der Waals surface area contributed by atoms with Crippen LogP contribution in [0.25, 0.3) is 0 Å². The number of hydrogen-bond donors (Lipinski definition) is 1. The van der Waals surface area contributed by atoms with Gasteiger partial charge < -0.3 is 14.9 Å². The molecule has 1 aliphatic rings. The van der Waals surface area contributed by atoms with Crippen molar-refractivity contribution in [2.75, 3.05) is 26.2 Å². The van der Waals surface area contributed by atoms with E-state index < -0.39 is 29.1 Å². The van der Waals surface area contributed by atoms with Gasteiger partial charge in [-0.3, -0.25) is 9.59 Å². The van der Waals surface area contributed by atoms with E-state index in [2.05, 4.69) is 0 Å². The Labute approximate surface area is 160 Å². The predicted octanol–water partition coefficient (Wildman–Crippen LogP) is 2.19. The van der Waals surface area contributed by atoms with Crippen LogP contribution in [0.5, 0.6) is 0 Å². The van der Waals surface area contributed by atoms with E-state index >= 15 is 0 Å². The highest BCUT2D eigenvalue weighted by molar-refractivity contribution is 5.95. The summed E-state index contributed by atoms with van der Waals surface area (Å²) in [5.74, 6) is -3.84. The number of piperazine rings is 1. The number of halogens is 2. The van der Waals surface area contributed by atoms with Crippen LogP contribution >= 0.6 is 0 Å².